The normalized spacial score (nSPS) is 13.1. The average Bonchev–Trinajstić information content (AvgIpc) is 2.52. The molecule has 0 fully saturated rings. The minimum Gasteiger partial charge on any atom is -0.481 e. The molecular weight excluding hydrogens is 296 g/mol. The van der Waals surface area contributed by atoms with Crippen LogP contribution in [-0.2, 0) is 4.79 Å². The van der Waals surface area contributed by atoms with Crippen LogP contribution in [0.1, 0.15) is 78.6 Å². The van der Waals surface area contributed by atoms with Gasteiger partial charge in [-0.15, -0.1) is 0 Å². The van der Waals surface area contributed by atoms with Crippen LogP contribution in [-0.4, -0.2) is 11.1 Å². The second-order valence-electron chi connectivity index (χ2n) is 6.82. The maximum absolute atomic E-state index is 10.4. The van der Waals surface area contributed by atoms with Crippen LogP contribution < -0.4 is 0 Å². The van der Waals surface area contributed by atoms with Crippen molar-refractivity contribution in [1.29, 1.82) is 0 Å². The standard InChI is InChI=1S/C22H36O2/c1-4-5-6-7-8-10-13-16-19-22(2,3)20-17-14-11-9-12-15-18-21(23)24/h8-11,16-17,19-20H,4-7,12-15,18H2,1-3H3,(H,23,24)/b10-8?,11-9-,19-16?,20-17?. The molecule has 24 heavy (non-hydrogen) atoms. The second kappa shape index (κ2) is 15.0. The lowest BCUT2D eigenvalue weighted by Crippen LogP contribution is -2.01. The third-order valence-corrected chi connectivity index (χ3v) is 3.71. The van der Waals surface area contributed by atoms with Gasteiger partial charge in [0.25, 0.3) is 0 Å². The Bertz CT molecular complexity index is 425. The lowest BCUT2D eigenvalue weighted by molar-refractivity contribution is -0.137. The summed E-state index contributed by atoms with van der Waals surface area (Å²) in [5, 5.41) is 8.55. The molecule has 1 N–H and O–H groups in total. The number of carboxylic acids is 1. The van der Waals surface area contributed by atoms with Crippen molar-refractivity contribution in [2.24, 2.45) is 5.41 Å². The largest absolute Gasteiger partial charge is 0.481 e. The van der Waals surface area contributed by atoms with Crippen molar-refractivity contribution < 1.29 is 9.90 Å². The first-order chi connectivity index (χ1) is 11.5. The van der Waals surface area contributed by atoms with E-state index in [1.165, 1.54) is 25.7 Å². The van der Waals surface area contributed by atoms with Crippen LogP contribution in [0.4, 0.5) is 0 Å². The van der Waals surface area contributed by atoms with Gasteiger partial charge in [0.05, 0.1) is 0 Å². The van der Waals surface area contributed by atoms with Gasteiger partial charge in [0, 0.05) is 11.8 Å². The van der Waals surface area contributed by atoms with E-state index in [0.29, 0.717) is 0 Å². The zero-order valence-corrected chi connectivity index (χ0v) is 15.8. The first-order valence-corrected chi connectivity index (χ1v) is 9.35. The van der Waals surface area contributed by atoms with Crippen LogP contribution >= 0.6 is 0 Å². The Morgan fingerprint density at radius 3 is 1.88 bits per heavy atom. The lowest BCUT2D eigenvalue weighted by atomic mass is 9.92. The molecule has 0 saturated heterocycles. The Morgan fingerprint density at radius 1 is 0.833 bits per heavy atom. The van der Waals surface area contributed by atoms with Crippen LogP contribution in [0.5, 0.6) is 0 Å². The van der Waals surface area contributed by atoms with E-state index in [9.17, 15) is 4.79 Å². The summed E-state index contributed by atoms with van der Waals surface area (Å²) in [5.41, 5.74) is 0.0766. The molecule has 0 rings (SSSR count). The Labute approximate surface area is 149 Å². The Morgan fingerprint density at radius 2 is 1.38 bits per heavy atom. The fraction of sp³-hybridized carbons (Fsp3) is 0.591. The number of hydrogen-bond acceptors (Lipinski definition) is 1. The van der Waals surface area contributed by atoms with Gasteiger partial charge in [-0.2, -0.15) is 0 Å². The fourth-order valence-corrected chi connectivity index (χ4v) is 2.27. The van der Waals surface area contributed by atoms with E-state index >= 15 is 0 Å². The van der Waals surface area contributed by atoms with Crippen molar-refractivity contribution in [2.75, 3.05) is 0 Å². The van der Waals surface area contributed by atoms with Gasteiger partial charge in [-0.1, -0.05) is 82.2 Å². The molecule has 136 valence electrons. The molecule has 0 spiro atoms. The Hall–Kier alpha value is -1.57. The average molecular weight is 333 g/mol. The quantitative estimate of drug-likeness (QED) is 0.279. The van der Waals surface area contributed by atoms with Crippen LogP contribution in [0.3, 0.4) is 0 Å². The smallest absolute Gasteiger partial charge is 0.303 e. The summed E-state index contributed by atoms with van der Waals surface area (Å²) in [5.74, 6) is -0.715. The summed E-state index contributed by atoms with van der Waals surface area (Å²) in [6, 6.07) is 0. The van der Waals surface area contributed by atoms with Gasteiger partial charge >= 0.3 is 5.97 Å². The van der Waals surface area contributed by atoms with E-state index in [2.05, 4.69) is 69.4 Å². The molecule has 0 aromatic heterocycles. The Balaban J connectivity index is 3.87. The molecule has 0 aromatic rings. The SMILES string of the molecule is CCCCCC=CCC=CC(C)(C)C=CC/C=C\CCCC(=O)O. The summed E-state index contributed by atoms with van der Waals surface area (Å²) in [6.45, 7) is 6.65. The summed E-state index contributed by atoms with van der Waals surface area (Å²) >= 11 is 0. The highest BCUT2D eigenvalue weighted by molar-refractivity contribution is 5.66. The van der Waals surface area contributed by atoms with E-state index in [0.717, 1.165) is 25.7 Å². The topological polar surface area (TPSA) is 37.3 Å². The highest BCUT2D eigenvalue weighted by Crippen LogP contribution is 2.19. The van der Waals surface area contributed by atoms with Gasteiger partial charge in [0.2, 0.25) is 0 Å². The van der Waals surface area contributed by atoms with Crippen molar-refractivity contribution in [3.63, 3.8) is 0 Å². The molecular formula is C22H36O2. The predicted octanol–water partition coefficient (Wildman–Crippen LogP) is 6.85. The molecule has 0 radical (unpaired) electrons. The maximum atomic E-state index is 10.4. The first kappa shape index (κ1) is 22.4. The van der Waals surface area contributed by atoms with Gasteiger partial charge < -0.3 is 5.11 Å². The molecule has 0 unspecified atom stereocenters. The molecule has 0 aliphatic carbocycles. The zero-order valence-electron chi connectivity index (χ0n) is 15.8. The summed E-state index contributed by atoms with van der Waals surface area (Å²) < 4.78 is 0. The minimum absolute atomic E-state index is 0.0766. The molecule has 0 aliphatic rings. The third-order valence-electron chi connectivity index (χ3n) is 3.71. The highest BCUT2D eigenvalue weighted by atomic mass is 16.4. The summed E-state index contributed by atoms with van der Waals surface area (Å²) in [6.07, 6.45) is 26.5. The van der Waals surface area contributed by atoms with Gasteiger partial charge in [-0.3, -0.25) is 4.79 Å². The van der Waals surface area contributed by atoms with Crippen molar-refractivity contribution in [3.05, 3.63) is 48.6 Å². The minimum atomic E-state index is -0.715. The fourth-order valence-electron chi connectivity index (χ4n) is 2.27. The summed E-state index contributed by atoms with van der Waals surface area (Å²) in [4.78, 5) is 10.4. The van der Waals surface area contributed by atoms with Gasteiger partial charge in [-0.25, -0.2) is 0 Å². The van der Waals surface area contributed by atoms with Gasteiger partial charge in [0.15, 0.2) is 0 Å². The molecule has 0 bridgehead atoms. The van der Waals surface area contributed by atoms with Gasteiger partial charge in [-0.05, 0) is 38.5 Å². The number of rotatable bonds is 14. The molecule has 0 amide bonds. The number of hydrogen-bond donors (Lipinski definition) is 1. The third kappa shape index (κ3) is 16.8. The second-order valence-corrected chi connectivity index (χ2v) is 6.82. The number of carbonyl (C=O) groups is 1. The van der Waals surface area contributed by atoms with Crippen LogP contribution in [0, 0.1) is 5.41 Å². The molecule has 0 aromatic carbocycles. The number of aliphatic carboxylic acids is 1. The van der Waals surface area contributed by atoms with E-state index in [1.54, 1.807) is 0 Å². The van der Waals surface area contributed by atoms with Crippen molar-refractivity contribution in [1.82, 2.24) is 0 Å². The number of allylic oxidation sites excluding steroid dienone is 8. The van der Waals surface area contributed by atoms with Crippen molar-refractivity contribution in [3.8, 4) is 0 Å². The van der Waals surface area contributed by atoms with Crippen LogP contribution in [0.2, 0.25) is 0 Å². The zero-order chi connectivity index (χ0) is 18.1. The number of carboxylic acid groups (broad SMARTS) is 1. The number of unbranched alkanes of at least 4 members (excludes halogenated alkanes) is 4. The lowest BCUT2D eigenvalue weighted by Gasteiger charge is -2.13. The van der Waals surface area contributed by atoms with E-state index in [4.69, 9.17) is 5.11 Å². The predicted molar refractivity (Wildman–Crippen MR) is 105 cm³/mol. The monoisotopic (exact) mass is 332 g/mol. The van der Waals surface area contributed by atoms with Crippen LogP contribution in [0.25, 0.3) is 0 Å². The van der Waals surface area contributed by atoms with Crippen LogP contribution in [0.15, 0.2) is 48.6 Å². The molecule has 0 heterocycles. The molecule has 0 atom stereocenters. The maximum Gasteiger partial charge on any atom is 0.303 e. The Kier molecular flexibility index (Phi) is 14.0. The molecule has 2 nitrogen and oxygen atoms in total. The highest BCUT2D eigenvalue weighted by Gasteiger charge is 2.06. The van der Waals surface area contributed by atoms with Crippen molar-refractivity contribution in [2.45, 2.75) is 78.6 Å². The van der Waals surface area contributed by atoms with Crippen molar-refractivity contribution >= 4 is 5.97 Å². The first-order valence-electron chi connectivity index (χ1n) is 9.35. The molecule has 0 saturated carbocycles. The van der Waals surface area contributed by atoms with Gasteiger partial charge in [0.1, 0.15) is 0 Å². The van der Waals surface area contributed by atoms with E-state index < -0.39 is 5.97 Å². The summed E-state index contributed by atoms with van der Waals surface area (Å²) in [7, 11) is 0. The molecule has 0 aliphatic heterocycles. The van der Waals surface area contributed by atoms with E-state index in [-0.39, 0.29) is 11.8 Å². The van der Waals surface area contributed by atoms with E-state index in [1.807, 2.05) is 0 Å². The molecule has 2 heteroatoms.